The van der Waals surface area contributed by atoms with Gasteiger partial charge < -0.3 is 4.90 Å². The van der Waals surface area contributed by atoms with Crippen molar-refractivity contribution in [1.29, 1.82) is 0 Å². The van der Waals surface area contributed by atoms with Crippen LogP contribution >= 0.6 is 0 Å². The maximum absolute atomic E-state index is 12.4. The Kier molecular flexibility index (Phi) is 3.68. The second-order valence-corrected chi connectivity index (χ2v) is 6.25. The lowest BCUT2D eigenvalue weighted by Gasteiger charge is -2.30. The van der Waals surface area contributed by atoms with Crippen LogP contribution in [-0.2, 0) is 4.79 Å². The summed E-state index contributed by atoms with van der Waals surface area (Å²) in [5, 5.41) is 3.47. The van der Waals surface area contributed by atoms with Gasteiger partial charge in [-0.15, -0.1) is 0 Å². The predicted molar refractivity (Wildman–Crippen MR) is 67.1 cm³/mol. The van der Waals surface area contributed by atoms with Crippen molar-refractivity contribution in [2.45, 2.75) is 66.1 Å². The lowest BCUT2D eigenvalue weighted by atomic mass is 9.94. The summed E-state index contributed by atoms with van der Waals surface area (Å²) in [4.78, 5) is 14.4. The van der Waals surface area contributed by atoms with Gasteiger partial charge in [-0.1, -0.05) is 34.6 Å². The average Bonchev–Trinajstić information content (AvgIpc) is 2.41. The third kappa shape index (κ3) is 2.57. The first kappa shape index (κ1) is 13.5. The smallest absolute Gasteiger partial charge is 0.243 e. The topological polar surface area (TPSA) is 32.3 Å². The molecule has 2 atom stereocenters. The average molecular weight is 226 g/mol. The van der Waals surface area contributed by atoms with Gasteiger partial charge in [-0.25, -0.2) is 0 Å². The van der Waals surface area contributed by atoms with Crippen LogP contribution in [0.5, 0.6) is 0 Å². The van der Waals surface area contributed by atoms with Crippen LogP contribution in [0.4, 0.5) is 0 Å². The van der Waals surface area contributed by atoms with E-state index in [4.69, 9.17) is 0 Å². The summed E-state index contributed by atoms with van der Waals surface area (Å²) in [7, 11) is 0. The number of carbonyl (C=O) groups is 1. The summed E-state index contributed by atoms with van der Waals surface area (Å²) >= 11 is 0. The van der Waals surface area contributed by atoms with Gasteiger partial charge in [-0.05, 0) is 25.2 Å². The lowest BCUT2D eigenvalue weighted by Crippen LogP contribution is -2.44. The number of nitrogens with zero attached hydrogens (tertiary/aromatic N) is 1. The molecule has 1 heterocycles. The maximum Gasteiger partial charge on any atom is 0.243 e. The van der Waals surface area contributed by atoms with E-state index in [1.807, 2.05) is 11.8 Å². The zero-order valence-electron chi connectivity index (χ0n) is 11.6. The molecule has 0 spiro atoms. The van der Waals surface area contributed by atoms with Crippen molar-refractivity contribution in [2.75, 3.05) is 6.54 Å². The van der Waals surface area contributed by atoms with Gasteiger partial charge >= 0.3 is 0 Å². The molecule has 94 valence electrons. The van der Waals surface area contributed by atoms with E-state index < -0.39 is 0 Å². The molecule has 0 aliphatic carbocycles. The molecule has 1 saturated heterocycles. The minimum Gasteiger partial charge on any atom is -0.325 e. The lowest BCUT2D eigenvalue weighted by molar-refractivity contribution is -0.134. The Balaban J connectivity index is 2.86. The Bertz CT molecular complexity index is 270. The Morgan fingerprint density at radius 3 is 2.31 bits per heavy atom. The summed E-state index contributed by atoms with van der Waals surface area (Å²) < 4.78 is 0. The molecule has 1 aliphatic heterocycles. The summed E-state index contributed by atoms with van der Waals surface area (Å²) in [5.41, 5.74) is -0.199. The molecule has 0 radical (unpaired) electrons. The standard InChI is InChI=1S/C13H26N2O/c1-7-10-14-13(6,8-2)11(16)15(10)9-12(3,4)5/h10,14H,7-9H2,1-6H3. The Hall–Kier alpha value is -0.570. The first-order chi connectivity index (χ1) is 7.23. The Morgan fingerprint density at radius 1 is 1.38 bits per heavy atom. The monoisotopic (exact) mass is 226 g/mol. The highest BCUT2D eigenvalue weighted by atomic mass is 16.2. The maximum atomic E-state index is 12.4. The number of nitrogens with one attached hydrogen (secondary N) is 1. The number of rotatable bonds is 3. The highest BCUT2D eigenvalue weighted by molar-refractivity contribution is 5.88. The van der Waals surface area contributed by atoms with Gasteiger partial charge in [0.15, 0.2) is 0 Å². The fraction of sp³-hybridized carbons (Fsp3) is 0.923. The van der Waals surface area contributed by atoms with E-state index in [2.05, 4.69) is 39.9 Å². The van der Waals surface area contributed by atoms with Crippen LogP contribution in [0.2, 0.25) is 0 Å². The highest BCUT2D eigenvalue weighted by Gasteiger charge is 2.46. The summed E-state index contributed by atoms with van der Waals surface area (Å²) in [6.45, 7) is 13.6. The predicted octanol–water partition coefficient (Wildman–Crippen LogP) is 2.37. The van der Waals surface area contributed by atoms with Crippen LogP contribution in [0.1, 0.15) is 54.4 Å². The summed E-state index contributed by atoms with van der Waals surface area (Å²) in [6, 6.07) is 0. The minimum atomic E-state index is -0.355. The first-order valence-corrected chi connectivity index (χ1v) is 6.32. The van der Waals surface area contributed by atoms with Crippen LogP contribution < -0.4 is 5.32 Å². The van der Waals surface area contributed by atoms with E-state index in [1.165, 1.54) is 0 Å². The largest absolute Gasteiger partial charge is 0.325 e. The van der Waals surface area contributed by atoms with E-state index in [1.54, 1.807) is 0 Å². The summed E-state index contributed by atoms with van der Waals surface area (Å²) in [5.74, 6) is 0.261. The normalized spacial score (nSPS) is 31.2. The number of hydrogen-bond acceptors (Lipinski definition) is 2. The molecule has 3 nitrogen and oxygen atoms in total. The molecule has 2 unspecified atom stereocenters. The van der Waals surface area contributed by atoms with Gasteiger partial charge in [0.2, 0.25) is 5.91 Å². The van der Waals surface area contributed by atoms with E-state index in [9.17, 15) is 4.79 Å². The van der Waals surface area contributed by atoms with Gasteiger partial charge in [0.05, 0.1) is 11.7 Å². The van der Waals surface area contributed by atoms with Gasteiger partial charge in [-0.3, -0.25) is 10.1 Å². The molecular weight excluding hydrogens is 200 g/mol. The van der Waals surface area contributed by atoms with Crippen molar-refractivity contribution in [1.82, 2.24) is 10.2 Å². The third-order valence-corrected chi connectivity index (χ3v) is 3.33. The van der Waals surface area contributed by atoms with Crippen LogP contribution in [0.15, 0.2) is 0 Å². The molecule has 0 aromatic heterocycles. The van der Waals surface area contributed by atoms with Crippen LogP contribution in [-0.4, -0.2) is 29.1 Å². The molecule has 1 amide bonds. The van der Waals surface area contributed by atoms with E-state index in [0.29, 0.717) is 0 Å². The third-order valence-electron chi connectivity index (χ3n) is 3.33. The molecule has 0 aromatic rings. The second-order valence-electron chi connectivity index (χ2n) is 6.25. The molecule has 3 heteroatoms. The van der Waals surface area contributed by atoms with Crippen LogP contribution in [0.3, 0.4) is 0 Å². The molecule has 0 aromatic carbocycles. The minimum absolute atomic E-state index is 0.156. The number of carbonyl (C=O) groups excluding carboxylic acids is 1. The van der Waals surface area contributed by atoms with Crippen molar-refractivity contribution < 1.29 is 4.79 Å². The van der Waals surface area contributed by atoms with E-state index in [0.717, 1.165) is 19.4 Å². The molecule has 1 aliphatic rings. The van der Waals surface area contributed by atoms with Gasteiger partial charge in [0.1, 0.15) is 0 Å². The molecule has 0 bridgehead atoms. The Labute approximate surface area is 99.6 Å². The molecule has 1 N–H and O–H groups in total. The molecule has 1 rings (SSSR count). The van der Waals surface area contributed by atoms with Gasteiger partial charge in [0, 0.05) is 6.54 Å². The second kappa shape index (κ2) is 4.36. The summed E-state index contributed by atoms with van der Waals surface area (Å²) in [6.07, 6.45) is 2.03. The first-order valence-electron chi connectivity index (χ1n) is 6.32. The SMILES string of the molecule is CCC1NC(C)(CC)C(=O)N1CC(C)(C)C. The van der Waals surface area contributed by atoms with Gasteiger partial charge in [0.25, 0.3) is 0 Å². The van der Waals surface area contributed by atoms with Gasteiger partial charge in [-0.2, -0.15) is 0 Å². The molecule has 1 fully saturated rings. The molecule has 16 heavy (non-hydrogen) atoms. The fourth-order valence-corrected chi connectivity index (χ4v) is 2.23. The van der Waals surface area contributed by atoms with Crippen molar-refractivity contribution >= 4 is 5.91 Å². The number of hydrogen-bond donors (Lipinski definition) is 1. The number of amides is 1. The Morgan fingerprint density at radius 2 is 1.94 bits per heavy atom. The van der Waals surface area contributed by atoms with Crippen molar-refractivity contribution in [3.63, 3.8) is 0 Å². The van der Waals surface area contributed by atoms with E-state index >= 15 is 0 Å². The molecule has 0 saturated carbocycles. The van der Waals surface area contributed by atoms with Crippen LogP contribution in [0, 0.1) is 5.41 Å². The van der Waals surface area contributed by atoms with Crippen molar-refractivity contribution in [3.05, 3.63) is 0 Å². The van der Waals surface area contributed by atoms with Crippen molar-refractivity contribution in [3.8, 4) is 0 Å². The molecular formula is C13H26N2O. The quantitative estimate of drug-likeness (QED) is 0.801. The van der Waals surface area contributed by atoms with Crippen LogP contribution in [0.25, 0.3) is 0 Å². The van der Waals surface area contributed by atoms with Crippen molar-refractivity contribution in [2.24, 2.45) is 5.41 Å². The zero-order chi connectivity index (χ0) is 12.6. The highest BCUT2D eigenvalue weighted by Crippen LogP contribution is 2.28. The fourth-order valence-electron chi connectivity index (χ4n) is 2.23. The van der Waals surface area contributed by atoms with E-state index in [-0.39, 0.29) is 23.0 Å². The zero-order valence-corrected chi connectivity index (χ0v) is 11.6.